The van der Waals surface area contributed by atoms with Gasteiger partial charge < -0.3 is 0 Å². The first kappa shape index (κ1) is 36.1. The molecule has 0 fully saturated rings. The molecule has 0 bridgehead atoms. The van der Waals surface area contributed by atoms with Crippen LogP contribution in [0.3, 0.4) is 0 Å². The van der Waals surface area contributed by atoms with Crippen molar-refractivity contribution < 1.29 is 0 Å². The standard InChI is InChI=1S/C58H44N4/c1-37-21-29-41(30-22-37)59-53-49-17-9-5-13-45(49)46-14-6-10-18-50(46)54(53)60(42-31-23-38(2)24-32-42)57(59)58-61(43-33-25-39(3)26-34-43)55-51-19-11-7-15-47(51)48-16-8-12-20-52(48)56(55)62(58)44-35-27-40(4)28-36-44/h5-36H,1-4H3. The summed E-state index contributed by atoms with van der Waals surface area (Å²) in [4.78, 5) is 10.2. The number of anilines is 8. The second kappa shape index (κ2) is 13.9. The molecule has 12 rings (SSSR count). The summed E-state index contributed by atoms with van der Waals surface area (Å²) >= 11 is 0. The molecule has 10 aromatic carbocycles. The molecule has 2 aliphatic rings. The van der Waals surface area contributed by atoms with Gasteiger partial charge in [-0.15, -0.1) is 0 Å². The molecule has 10 aromatic rings. The molecule has 4 nitrogen and oxygen atoms in total. The lowest BCUT2D eigenvalue weighted by Gasteiger charge is -2.34. The minimum atomic E-state index is 1.04. The Morgan fingerprint density at radius 1 is 0.210 bits per heavy atom. The van der Waals surface area contributed by atoms with E-state index in [2.05, 4.69) is 241 Å². The molecule has 2 heterocycles. The molecule has 0 unspecified atom stereocenters. The van der Waals surface area contributed by atoms with Gasteiger partial charge in [-0.1, -0.05) is 168 Å². The first-order valence-electron chi connectivity index (χ1n) is 21.5. The molecule has 0 saturated heterocycles. The molecule has 2 aliphatic heterocycles. The molecule has 0 spiro atoms. The van der Waals surface area contributed by atoms with E-state index >= 15 is 0 Å². The van der Waals surface area contributed by atoms with Gasteiger partial charge in [-0.3, -0.25) is 19.6 Å². The summed E-state index contributed by atoms with van der Waals surface area (Å²) in [6, 6.07) is 72.1. The zero-order valence-corrected chi connectivity index (χ0v) is 35.3. The molecule has 0 aromatic heterocycles. The van der Waals surface area contributed by atoms with Gasteiger partial charge in [-0.2, -0.15) is 0 Å². The van der Waals surface area contributed by atoms with Gasteiger partial charge >= 0.3 is 0 Å². The fraction of sp³-hybridized carbons (Fsp3) is 0.0690. The summed E-state index contributed by atoms with van der Waals surface area (Å²) in [7, 11) is 0. The van der Waals surface area contributed by atoms with E-state index in [-0.39, 0.29) is 0 Å². The zero-order chi connectivity index (χ0) is 41.6. The number of nitrogens with zero attached hydrogens (tertiary/aromatic N) is 4. The molecular weight excluding hydrogens is 753 g/mol. The minimum absolute atomic E-state index is 1.04. The van der Waals surface area contributed by atoms with Crippen molar-refractivity contribution in [1.29, 1.82) is 0 Å². The molecule has 296 valence electrons. The molecule has 62 heavy (non-hydrogen) atoms. The van der Waals surface area contributed by atoms with Crippen molar-refractivity contribution in [2.45, 2.75) is 27.7 Å². The van der Waals surface area contributed by atoms with Crippen LogP contribution < -0.4 is 19.6 Å². The van der Waals surface area contributed by atoms with E-state index in [0.29, 0.717) is 0 Å². The maximum atomic E-state index is 2.55. The third-order valence-electron chi connectivity index (χ3n) is 12.9. The van der Waals surface area contributed by atoms with E-state index in [1.165, 1.54) is 65.3 Å². The monoisotopic (exact) mass is 796 g/mol. The number of hydrogen-bond acceptors (Lipinski definition) is 4. The summed E-state index contributed by atoms with van der Waals surface area (Å²) in [5.74, 6) is 2.08. The molecule has 0 N–H and O–H groups in total. The van der Waals surface area contributed by atoms with Crippen molar-refractivity contribution >= 4 is 88.6 Å². The van der Waals surface area contributed by atoms with E-state index in [0.717, 1.165) is 57.1 Å². The molecular formula is C58H44N4. The van der Waals surface area contributed by atoms with Crippen molar-refractivity contribution in [3.8, 4) is 0 Å². The second-order valence-corrected chi connectivity index (χ2v) is 16.9. The van der Waals surface area contributed by atoms with Crippen molar-refractivity contribution in [3.05, 3.63) is 228 Å². The Kier molecular flexibility index (Phi) is 8.07. The maximum absolute atomic E-state index is 2.55. The third-order valence-corrected chi connectivity index (χ3v) is 12.9. The zero-order valence-electron chi connectivity index (χ0n) is 35.3. The van der Waals surface area contributed by atoms with Gasteiger partial charge in [-0.05, 0) is 97.8 Å². The van der Waals surface area contributed by atoms with Crippen LogP contribution >= 0.6 is 0 Å². The average molecular weight is 797 g/mol. The van der Waals surface area contributed by atoms with E-state index in [9.17, 15) is 0 Å². The highest BCUT2D eigenvalue weighted by molar-refractivity contribution is 6.27. The van der Waals surface area contributed by atoms with Crippen molar-refractivity contribution in [3.63, 3.8) is 0 Å². The van der Waals surface area contributed by atoms with Gasteiger partial charge in [0.25, 0.3) is 0 Å². The topological polar surface area (TPSA) is 13.0 Å². The van der Waals surface area contributed by atoms with Crippen LogP contribution in [0.5, 0.6) is 0 Å². The lowest BCUT2D eigenvalue weighted by molar-refractivity contribution is 1.01. The van der Waals surface area contributed by atoms with Crippen LogP contribution in [0.25, 0.3) is 43.1 Å². The second-order valence-electron chi connectivity index (χ2n) is 16.9. The lowest BCUT2D eigenvalue weighted by atomic mass is 9.97. The van der Waals surface area contributed by atoms with Gasteiger partial charge in [0.05, 0.1) is 22.7 Å². The fourth-order valence-corrected chi connectivity index (χ4v) is 9.92. The Hall–Kier alpha value is -7.82. The molecule has 4 heteroatoms. The highest BCUT2D eigenvalue weighted by atomic mass is 15.5. The van der Waals surface area contributed by atoms with E-state index in [1.807, 2.05) is 0 Å². The van der Waals surface area contributed by atoms with Crippen LogP contribution in [-0.4, -0.2) is 0 Å². The highest BCUT2D eigenvalue weighted by Crippen LogP contribution is 2.62. The Balaban J connectivity index is 1.35. The molecule has 0 radical (unpaired) electrons. The minimum Gasteiger partial charge on any atom is -0.290 e. The van der Waals surface area contributed by atoms with Gasteiger partial charge in [0.15, 0.2) is 11.6 Å². The fourth-order valence-electron chi connectivity index (χ4n) is 9.92. The third kappa shape index (κ3) is 5.33. The lowest BCUT2D eigenvalue weighted by Crippen LogP contribution is -2.33. The molecule has 0 amide bonds. The summed E-state index contributed by atoms with van der Waals surface area (Å²) in [6.45, 7) is 8.69. The number of aryl methyl sites for hydroxylation is 4. The van der Waals surface area contributed by atoms with Crippen LogP contribution in [-0.2, 0) is 0 Å². The van der Waals surface area contributed by atoms with Gasteiger partial charge in [0.1, 0.15) is 0 Å². The van der Waals surface area contributed by atoms with Crippen LogP contribution in [0.1, 0.15) is 22.3 Å². The summed E-state index contributed by atoms with van der Waals surface area (Å²) < 4.78 is 0. The number of hydrogen-bond donors (Lipinski definition) is 0. The normalized spacial score (nSPS) is 13.6. The summed E-state index contributed by atoms with van der Waals surface area (Å²) in [6.07, 6.45) is 0. The average Bonchev–Trinajstić information content (AvgIpc) is 3.85. The number of benzene rings is 10. The predicted molar refractivity (Wildman–Crippen MR) is 263 cm³/mol. The highest BCUT2D eigenvalue weighted by Gasteiger charge is 2.47. The van der Waals surface area contributed by atoms with Crippen LogP contribution in [0.2, 0.25) is 0 Å². The Morgan fingerprint density at radius 3 is 0.581 bits per heavy atom. The van der Waals surface area contributed by atoms with E-state index in [1.54, 1.807) is 0 Å². The van der Waals surface area contributed by atoms with Crippen molar-refractivity contribution in [1.82, 2.24) is 0 Å². The Morgan fingerprint density at radius 2 is 0.387 bits per heavy atom. The molecule has 0 saturated carbocycles. The quantitative estimate of drug-likeness (QED) is 0.164. The summed E-state index contributed by atoms with van der Waals surface area (Å²) in [5.41, 5.74) is 13.9. The van der Waals surface area contributed by atoms with Crippen molar-refractivity contribution in [2.24, 2.45) is 0 Å². The first-order valence-corrected chi connectivity index (χ1v) is 21.5. The molecule has 0 aliphatic carbocycles. The van der Waals surface area contributed by atoms with Crippen LogP contribution in [0, 0.1) is 27.7 Å². The largest absolute Gasteiger partial charge is 0.290 e. The van der Waals surface area contributed by atoms with Crippen molar-refractivity contribution in [2.75, 3.05) is 19.6 Å². The van der Waals surface area contributed by atoms with Gasteiger partial charge in [0, 0.05) is 44.3 Å². The smallest absolute Gasteiger partial charge is 0.166 e. The van der Waals surface area contributed by atoms with Gasteiger partial charge in [0.2, 0.25) is 0 Å². The van der Waals surface area contributed by atoms with E-state index < -0.39 is 0 Å². The molecule has 0 atom stereocenters. The predicted octanol–water partition coefficient (Wildman–Crippen LogP) is 15.9. The van der Waals surface area contributed by atoms with Crippen LogP contribution in [0.15, 0.2) is 206 Å². The maximum Gasteiger partial charge on any atom is 0.166 e. The number of fused-ring (bicyclic) bond motifs is 12. The first-order chi connectivity index (χ1) is 30.4. The Bertz CT molecular complexity index is 2980. The Labute approximate surface area is 362 Å². The van der Waals surface area contributed by atoms with Gasteiger partial charge in [-0.25, -0.2) is 0 Å². The summed E-state index contributed by atoms with van der Waals surface area (Å²) in [5, 5.41) is 9.71. The SMILES string of the molecule is Cc1ccc(N2C(=C3N(c4ccc(C)cc4)c4c(c5ccccc5c5ccccc45)N3c3ccc(C)cc3)N(c3ccc(C)cc3)c3c2c2ccccc2c2ccccc32)cc1. The number of rotatable bonds is 4. The van der Waals surface area contributed by atoms with Crippen LogP contribution in [0.4, 0.5) is 45.5 Å². The van der Waals surface area contributed by atoms with E-state index in [4.69, 9.17) is 0 Å².